The zero-order valence-electron chi connectivity index (χ0n) is 16.4. The first-order valence-electron chi connectivity index (χ1n) is 9.22. The molecule has 0 aliphatic carbocycles. The monoisotopic (exact) mass is 379 g/mol. The number of rotatable bonds is 10. The molecule has 0 aliphatic rings. The molecule has 1 aromatic rings. The van der Waals surface area contributed by atoms with Gasteiger partial charge in [-0.15, -0.1) is 0 Å². The molecule has 0 heterocycles. The molecule has 0 radical (unpaired) electrons. The molecule has 4 N–H and O–H groups in total. The number of unbranched alkanes of at least 4 members (excludes halogenated alkanes) is 1. The molecule has 6 nitrogen and oxygen atoms in total. The van der Waals surface area contributed by atoms with E-state index in [1.54, 1.807) is 0 Å². The van der Waals surface area contributed by atoms with Crippen LogP contribution in [0.3, 0.4) is 0 Å². The number of thioether (sulfide) groups is 1. The fraction of sp³-hybridized carbons (Fsp3) is 0.579. The van der Waals surface area contributed by atoms with Gasteiger partial charge in [-0.25, -0.2) is 9.79 Å². The predicted molar refractivity (Wildman–Crippen MR) is 114 cm³/mol. The molecular formula is C19H33N5OS. The summed E-state index contributed by atoms with van der Waals surface area (Å²) in [5.74, 6) is 2.04. The molecule has 0 spiro atoms. The molecule has 7 heteroatoms. The van der Waals surface area contributed by atoms with Crippen LogP contribution in [-0.2, 0) is 6.54 Å². The zero-order chi connectivity index (χ0) is 19.2. The number of anilines is 1. The van der Waals surface area contributed by atoms with E-state index >= 15 is 0 Å². The van der Waals surface area contributed by atoms with Crippen LogP contribution in [0.1, 0.15) is 39.2 Å². The average molecular weight is 380 g/mol. The maximum absolute atomic E-state index is 11.7. The fourth-order valence-electron chi connectivity index (χ4n) is 2.21. The van der Waals surface area contributed by atoms with E-state index in [4.69, 9.17) is 0 Å². The van der Waals surface area contributed by atoms with Crippen LogP contribution in [0.2, 0.25) is 0 Å². The van der Waals surface area contributed by atoms with Crippen molar-refractivity contribution in [1.82, 2.24) is 16.0 Å². The Morgan fingerprint density at radius 2 is 1.88 bits per heavy atom. The molecule has 0 atom stereocenters. The van der Waals surface area contributed by atoms with Crippen LogP contribution in [0.5, 0.6) is 0 Å². The number of benzene rings is 1. The Hall–Kier alpha value is -1.89. The summed E-state index contributed by atoms with van der Waals surface area (Å²) in [4.78, 5) is 16.3. The van der Waals surface area contributed by atoms with Gasteiger partial charge in [0.15, 0.2) is 5.96 Å². The molecule has 0 saturated carbocycles. The Kier molecular flexibility index (Phi) is 11.4. The Balaban J connectivity index is 2.48. The summed E-state index contributed by atoms with van der Waals surface area (Å²) in [5, 5.41) is 12.3. The summed E-state index contributed by atoms with van der Waals surface area (Å²) in [5.41, 5.74) is 1.87. The molecule has 0 aliphatic heterocycles. The van der Waals surface area contributed by atoms with E-state index in [1.807, 2.05) is 49.9 Å². The summed E-state index contributed by atoms with van der Waals surface area (Å²) in [6.45, 7) is 8.29. The molecule has 0 unspecified atom stereocenters. The summed E-state index contributed by atoms with van der Waals surface area (Å²) >= 11 is 1.88. The van der Waals surface area contributed by atoms with E-state index in [-0.39, 0.29) is 12.1 Å². The number of urea groups is 1. The topological polar surface area (TPSA) is 77.5 Å². The quantitative estimate of drug-likeness (QED) is 0.285. The van der Waals surface area contributed by atoms with Crippen molar-refractivity contribution >= 4 is 29.4 Å². The third kappa shape index (κ3) is 10.2. The van der Waals surface area contributed by atoms with Gasteiger partial charge in [-0.1, -0.05) is 12.1 Å². The van der Waals surface area contributed by atoms with Gasteiger partial charge in [0.05, 0.1) is 6.54 Å². The van der Waals surface area contributed by atoms with Crippen LogP contribution >= 0.6 is 11.8 Å². The number of guanidine groups is 1. The first-order chi connectivity index (χ1) is 12.5. The standard InChI is InChI=1S/C19H33N5OS/c1-5-20-18(21-12-6-7-13-26-4)22-14-16-8-10-17(11-9-16)24-19(25)23-15(2)3/h8-11,15H,5-7,12-14H2,1-4H3,(H2,20,21,22)(H2,23,24,25). The largest absolute Gasteiger partial charge is 0.357 e. The second-order valence-corrected chi connectivity index (χ2v) is 7.26. The average Bonchev–Trinajstić information content (AvgIpc) is 2.60. The van der Waals surface area contributed by atoms with Gasteiger partial charge in [0, 0.05) is 24.8 Å². The van der Waals surface area contributed by atoms with Gasteiger partial charge in [-0.3, -0.25) is 0 Å². The minimum absolute atomic E-state index is 0.112. The number of aliphatic imine (C=N–C) groups is 1. The summed E-state index contributed by atoms with van der Waals surface area (Å²) in [6.07, 6.45) is 4.49. The van der Waals surface area contributed by atoms with Gasteiger partial charge in [-0.2, -0.15) is 11.8 Å². The smallest absolute Gasteiger partial charge is 0.319 e. The lowest BCUT2D eigenvalue weighted by atomic mass is 10.2. The fourth-order valence-corrected chi connectivity index (χ4v) is 2.71. The number of nitrogens with one attached hydrogen (secondary N) is 4. The number of hydrogen-bond acceptors (Lipinski definition) is 3. The third-order valence-electron chi connectivity index (χ3n) is 3.46. The van der Waals surface area contributed by atoms with Gasteiger partial charge >= 0.3 is 6.03 Å². The van der Waals surface area contributed by atoms with E-state index < -0.39 is 0 Å². The highest BCUT2D eigenvalue weighted by Crippen LogP contribution is 2.10. The molecule has 0 bridgehead atoms. The molecule has 1 aromatic carbocycles. The molecule has 0 aromatic heterocycles. The van der Waals surface area contributed by atoms with E-state index in [0.29, 0.717) is 6.54 Å². The zero-order valence-corrected chi connectivity index (χ0v) is 17.2. The number of amides is 2. The van der Waals surface area contributed by atoms with Crippen LogP contribution in [0.4, 0.5) is 10.5 Å². The molecule has 146 valence electrons. The summed E-state index contributed by atoms with van der Waals surface area (Å²) in [7, 11) is 0. The third-order valence-corrected chi connectivity index (χ3v) is 4.16. The lowest BCUT2D eigenvalue weighted by Crippen LogP contribution is -2.37. The van der Waals surface area contributed by atoms with E-state index in [2.05, 4.69) is 39.4 Å². The number of carbonyl (C=O) groups excluding carboxylic acids is 1. The first kappa shape index (κ1) is 22.2. The van der Waals surface area contributed by atoms with Gasteiger partial charge in [0.25, 0.3) is 0 Å². The van der Waals surface area contributed by atoms with Crippen molar-refractivity contribution in [2.75, 3.05) is 30.4 Å². The molecular weight excluding hydrogens is 346 g/mol. The van der Waals surface area contributed by atoms with Crippen LogP contribution in [0, 0.1) is 0 Å². The molecule has 26 heavy (non-hydrogen) atoms. The highest BCUT2D eigenvalue weighted by molar-refractivity contribution is 7.98. The Labute approximate surface area is 162 Å². The number of nitrogens with zero attached hydrogens (tertiary/aromatic N) is 1. The first-order valence-corrected chi connectivity index (χ1v) is 10.6. The van der Waals surface area contributed by atoms with Crippen molar-refractivity contribution in [3.63, 3.8) is 0 Å². The summed E-state index contributed by atoms with van der Waals surface area (Å²) < 4.78 is 0. The van der Waals surface area contributed by atoms with Gasteiger partial charge < -0.3 is 21.3 Å². The van der Waals surface area contributed by atoms with Crippen molar-refractivity contribution < 1.29 is 4.79 Å². The van der Waals surface area contributed by atoms with Crippen LogP contribution in [-0.4, -0.2) is 43.1 Å². The van der Waals surface area contributed by atoms with Gasteiger partial charge in [0.2, 0.25) is 0 Å². The maximum atomic E-state index is 11.7. The molecule has 0 fully saturated rings. The van der Waals surface area contributed by atoms with Gasteiger partial charge in [0.1, 0.15) is 0 Å². The summed E-state index contributed by atoms with van der Waals surface area (Å²) in [6, 6.07) is 7.68. The highest BCUT2D eigenvalue weighted by Gasteiger charge is 2.03. The lowest BCUT2D eigenvalue weighted by molar-refractivity contribution is 0.250. The van der Waals surface area contributed by atoms with E-state index in [1.165, 1.54) is 12.2 Å². The Bertz CT molecular complexity index is 545. The second kappa shape index (κ2) is 13.3. The normalized spacial score (nSPS) is 11.3. The van der Waals surface area contributed by atoms with Crippen molar-refractivity contribution in [1.29, 1.82) is 0 Å². The van der Waals surface area contributed by atoms with Crippen LogP contribution in [0.15, 0.2) is 29.3 Å². The number of carbonyl (C=O) groups is 1. The van der Waals surface area contributed by atoms with E-state index in [9.17, 15) is 4.79 Å². The maximum Gasteiger partial charge on any atom is 0.319 e. The molecule has 0 saturated heterocycles. The second-order valence-electron chi connectivity index (χ2n) is 6.27. The lowest BCUT2D eigenvalue weighted by Gasteiger charge is -2.12. The van der Waals surface area contributed by atoms with Crippen molar-refractivity contribution in [3.05, 3.63) is 29.8 Å². The Morgan fingerprint density at radius 1 is 1.15 bits per heavy atom. The minimum atomic E-state index is -0.189. The van der Waals surface area contributed by atoms with Crippen LogP contribution < -0.4 is 21.3 Å². The van der Waals surface area contributed by atoms with Crippen LogP contribution in [0.25, 0.3) is 0 Å². The number of hydrogen-bond donors (Lipinski definition) is 4. The highest BCUT2D eigenvalue weighted by atomic mass is 32.2. The Morgan fingerprint density at radius 3 is 2.50 bits per heavy atom. The van der Waals surface area contributed by atoms with Gasteiger partial charge in [-0.05, 0) is 63.3 Å². The molecule has 1 rings (SSSR count). The van der Waals surface area contributed by atoms with Crippen molar-refractivity contribution in [3.8, 4) is 0 Å². The van der Waals surface area contributed by atoms with E-state index in [0.717, 1.165) is 36.7 Å². The van der Waals surface area contributed by atoms with Crippen molar-refractivity contribution in [2.24, 2.45) is 4.99 Å². The minimum Gasteiger partial charge on any atom is -0.357 e. The SMILES string of the molecule is CCNC(=NCc1ccc(NC(=O)NC(C)C)cc1)NCCCCSC. The molecule has 2 amide bonds. The van der Waals surface area contributed by atoms with Crippen molar-refractivity contribution in [2.45, 2.75) is 46.2 Å². The predicted octanol–water partition coefficient (Wildman–Crippen LogP) is 3.41.